The van der Waals surface area contributed by atoms with Gasteiger partial charge in [-0.15, -0.1) is 0 Å². The van der Waals surface area contributed by atoms with E-state index < -0.39 is 15.8 Å². The highest BCUT2D eigenvalue weighted by molar-refractivity contribution is 7.89. The molecule has 1 saturated heterocycles. The fraction of sp³-hybridized carbons (Fsp3) is 0.348. The van der Waals surface area contributed by atoms with Crippen molar-refractivity contribution >= 4 is 32.7 Å². The molecular weight excluding hydrogens is 443 g/mol. The average molecular weight is 467 g/mol. The van der Waals surface area contributed by atoms with Crippen molar-refractivity contribution in [3.8, 4) is 6.07 Å². The molecule has 10 heteroatoms. The SMILES string of the molecule is Cc1ccc(F)c(S(=O)(=O)N2CCN(c3nc4cc(C#N)ccc4nc3NC3CC3)CC2)c1. The van der Waals surface area contributed by atoms with Crippen molar-refractivity contribution in [1.82, 2.24) is 14.3 Å². The Morgan fingerprint density at radius 3 is 2.52 bits per heavy atom. The monoisotopic (exact) mass is 466 g/mol. The maximum Gasteiger partial charge on any atom is 0.246 e. The van der Waals surface area contributed by atoms with E-state index in [0.717, 1.165) is 12.8 Å². The Morgan fingerprint density at radius 1 is 1.06 bits per heavy atom. The third kappa shape index (κ3) is 4.21. The Bertz CT molecular complexity index is 1380. The zero-order valence-corrected chi connectivity index (χ0v) is 18.9. The molecule has 0 amide bonds. The van der Waals surface area contributed by atoms with E-state index in [1.807, 2.05) is 4.90 Å². The van der Waals surface area contributed by atoms with Crippen LogP contribution in [-0.2, 0) is 10.0 Å². The van der Waals surface area contributed by atoms with Crippen LogP contribution in [-0.4, -0.2) is 54.9 Å². The van der Waals surface area contributed by atoms with Crippen molar-refractivity contribution in [1.29, 1.82) is 5.26 Å². The van der Waals surface area contributed by atoms with Gasteiger partial charge in [0.05, 0.1) is 22.7 Å². The number of anilines is 2. The summed E-state index contributed by atoms with van der Waals surface area (Å²) in [6.07, 6.45) is 2.14. The zero-order chi connectivity index (χ0) is 23.2. The first kappa shape index (κ1) is 21.6. The number of nitriles is 1. The fourth-order valence-corrected chi connectivity index (χ4v) is 5.51. The second-order valence-electron chi connectivity index (χ2n) is 8.45. The molecule has 2 heterocycles. The third-order valence-corrected chi connectivity index (χ3v) is 7.85. The number of sulfonamides is 1. The van der Waals surface area contributed by atoms with Gasteiger partial charge in [0, 0.05) is 32.2 Å². The normalized spacial score (nSPS) is 17.2. The van der Waals surface area contributed by atoms with Crippen molar-refractivity contribution in [2.24, 2.45) is 0 Å². The van der Waals surface area contributed by atoms with E-state index in [-0.39, 0.29) is 18.0 Å². The van der Waals surface area contributed by atoms with Crippen LogP contribution in [0.25, 0.3) is 11.0 Å². The van der Waals surface area contributed by atoms with E-state index in [4.69, 9.17) is 9.97 Å². The largest absolute Gasteiger partial charge is 0.364 e. The summed E-state index contributed by atoms with van der Waals surface area (Å²) in [4.78, 5) is 11.2. The van der Waals surface area contributed by atoms with Crippen LogP contribution in [0.2, 0.25) is 0 Å². The molecule has 0 atom stereocenters. The van der Waals surface area contributed by atoms with Gasteiger partial charge in [0.2, 0.25) is 10.0 Å². The van der Waals surface area contributed by atoms with Crippen LogP contribution in [0.3, 0.4) is 0 Å². The third-order valence-electron chi connectivity index (χ3n) is 5.94. The first-order chi connectivity index (χ1) is 15.8. The van der Waals surface area contributed by atoms with Gasteiger partial charge in [-0.2, -0.15) is 9.57 Å². The Labute approximate surface area is 191 Å². The number of aryl methyl sites for hydroxylation is 1. The standard InChI is InChI=1S/C23H23FN6O2S/c1-15-2-6-18(24)21(12-15)33(31,32)30-10-8-29(9-11-30)23-22(26-17-4-5-17)27-19-7-3-16(14-25)13-20(19)28-23/h2-3,6-7,12-13,17H,4-5,8-11H2,1H3,(H,26,27). The highest BCUT2D eigenvalue weighted by Gasteiger charge is 2.32. The van der Waals surface area contributed by atoms with Crippen molar-refractivity contribution in [2.45, 2.75) is 30.7 Å². The summed E-state index contributed by atoms with van der Waals surface area (Å²) in [5.41, 5.74) is 2.49. The summed E-state index contributed by atoms with van der Waals surface area (Å²) in [5.74, 6) is 0.562. The number of halogens is 1. The van der Waals surface area contributed by atoms with E-state index in [9.17, 15) is 18.1 Å². The highest BCUT2D eigenvalue weighted by atomic mass is 32.2. The zero-order valence-electron chi connectivity index (χ0n) is 18.1. The van der Waals surface area contributed by atoms with Gasteiger partial charge in [0.15, 0.2) is 11.6 Å². The second kappa shape index (κ2) is 8.24. The number of hydrogen-bond donors (Lipinski definition) is 1. The second-order valence-corrected chi connectivity index (χ2v) is 10.4. The van der Waals surface area contributed by atoms with Crippen molar-refractivity contribution in [3.63, 3.8) is 0 Å². The summed E-state index contributed by atoms with van der Waals surface area (Å²) in [5, 5.41) is 12.6. The Kier molecular flexibility index (Phi) is 5.38. The lowest BCUT2D eigenvalue weighted by atomic mass is 10.2. The van der Waals surface area contributed by atoms with Crippen LogP contribution in [0.4, 0.5) is 16.0 Å². The first-order valence-corrected chi connectivity index (χ1v) is 12.3. The van der Waals surface area contributed by atoms with E-state index in [1.54, 1.807) is 31.2 Å². The van der Waals surface area contributed by atoms with Crippen LogP contribution < -0.4 is 10.2 Å². The fourth-order valence-electron chi connectivity index (χ4n) is 3.94. The van der Waals surface area contributed by atoms with Crippen LogP contribution in [0.5, 0.6) is 0 Å². The lowest BCUT2D eigenvalue weighted by Crippen LogP contribution is -2.49. The van der Waals surface area contributed by atoms with Crippen molar-refractivity contribution < 1.29 is 12.8 Å². The van der Waals surface area contributed by atoms with Crippen LogP contribution in [0, 0.1) is 24.1 Å². The van der Waals surface area contributed by atoms with Gasteiger partial charge in [-0.1, -0.05) is 6.07 Å². The number of benzene rings is 2. The average Bonchev–Trinajstić information content (AvgIpc) is 3.64. The molecule has 0 radical (unpaired) electrons. The minimum Gasteiger partial charge on any atom is -0.364 e. The molecule has 0 bridgehead atoms. The first-order valence-electron chi connectivity index (χ1n) is 10.8. The molecule has 0 spiro atoms. The number of fused-ring (bicyclic) bond motifs is 1. The van der Waals surface area contributed by atoms with E-state index in [0.29, 0.717) is 52.9 Å². The summed E-state index contributed by atoms with van der Waals surface area (Å²) in [7, 11) is -3.94. The van der Waals surface area contributed by atoms with Crippen LogP contribution in [0.15, 0.2) is 41.3 Å². The van der Waals surface area contributed by atoms with E-state index in [2.05, 4.69) is 11.4 Å². The molecule has 3 aromatic rings. The topological polar surface area (TPSA) is 102 Å². The summed E-state index contributed by atoms with van der Waals surface area (Å²) in [6.45, 7) is 2.93. The highest BCUT2D eigenvalue weighted by Crippen LogP contribution is 2.32. The molecule has 0 unspecified atom stereocenters. The lowest BCUT2D eigenvalue weighted by Gasteiger charge is -2.35. The van der Waals surface area contributed by atoms with Gasteiger partial charge in [0.1, 0.15) is 10.7 Å². The molecule has 1 saturated carbocycles. The van der Waals surface area contributed by atoms with Crippen molar-refractivity contribution in [2.75, 3.05) is 36.4 Å². The molecule has 170 valence electrons. The molecule has 5 rings (SSSR count). The predicted octanol–water partition coefficient (Wildman–Crippen LogP) is 3.03. The number of nitrogens with zero attached hydrogens (tertiary/aromatic N) is 5. The number of aromatic nitrogens is 2. The van der Waals surface area contributed by atoms with Gasteiger partial charge < -0.3 is 10.2 Å². The minimum absolute atomic E-state index is 0.205. The minimum atomic E-state index is -3.94. The number of rotatable bonds is 5. The number of piperazine rings is 1. The lowest BCUT2D eigenvalue weighted by molar-refractivity contribution is 0.381. The molecule has 2 aliphatic rings. The van der Waals surface area contributed by atoms with E-state index in [1.165, 1.54) is 16.4 Å². The summed E-state index contributed by atoms with van der Waals surface area (Å²) < 4.78 is 41.7. The van der Waals surface area contributed by atoms with Gasteiger partial charge >= 0.3 is 0 Å². The molecule has 1 N–H and O–H groups in total. The number of hydrogen-bond acceptors (Lipinski definition) is 7. The summed E-state index contributed by atoms with van der Waals surface area (Å²) >= 11 is 0. The van der Waals surface area contributed by atoms with Gasteiger partial charge in [-0.25, -0.2) is 22.8 Å². The maximum absolute atomic E-state index is 14.3. The van der Waals surface area contributed by atoms with Crippen LogP contribution >= 0.6 is 0 Å². The molecule has 1 aliphatic carbocycles. The summed E-state index contributed by atoms with van der Waals surface area (Å²) in [6, 6.07) is 11.8. The quantitative estimate of drug-likeness (QED) is 0.617. The molecule has 33 heavy (non-hydrogen) atoms. The smallest absolute Gasteiger partial charge is 0.246 e. The molecule has 1 aliphatic heterocycles. The Morgan fingerprint density at radius 2 is 1.82 bits per heavy atom. The number of nitrogens with one attached hydrogen (secondary N) is 1. The Hall–Kier alpha value is -3.29. The van der Waals surface area contributed by atoms with Gasteiger partial charge in [0.25, 0.3) is 0 Å². The van der Waals surface area contributed by atoms with E-state index >= 15 is 0 Å². The van der Waals surface area contributed by atoms with Gasteiger partial charge in [-0.3, -0.25) is 0 Å². The maximum atomic E-state index is 14.3. The Balaban J connectivity index is 1.42. The van der Waals surface area contributed by atoms with Crippen LogP contribution in [0.1, 0.15) is 24.0 Å². The molecule has 8 nitrogen and oxygen atoms in total. The molecule has 2 aromatic carbocycles. The molecular formula is C23H23FN6O2S. The van der Waals surface area contributed by atoms with Crippen molar-refractivity contribution in [3.05, 3.63) is 53.3 Å². The van der Waals surface area contributed by atoms with Gasteiger partial charge in [-0.05, 0) is 55.7 Å². The molecule has 1 aromatic heterocycles. The predicted molar refractivity (Wildman–Crippen MR) is 123 cm³/mol. The molecule has 2 fully saturated rings.